The number of hydrogen-bond acceptors (Lipinski definition) is 5. The SMILES string of the molecule is CCSC(SP(=S)(OC)OC)c1ccccc1. The predicted octanol–water partition coefficient (Wildman–Crippen LogP) is 4.69. The maximum atomic E-state index is 5.41. The molecule has 0 heterocycles. The lowest BCUT2D eigenvalue weighted by Crippen LogP contribution is -1.92. The molecule has 1 unspecified atom stereocenters. The molecule has 1 aromatic carbocycles. The van der Waals surface area contributed by atoms with Gasteiger partial charge in [-0.1, -0.05) is 48.6 Å². The molecular weight excluding hydrogens is 291 g/mol. The molecule has 0 saturated carbocycles. The van der Waals surface area contributed by atoms with Crippen LogP contribution >= 0.6 is 28.8 Å². The van der Waals surface area contributed by atoms with Gasteiger partial charge in [0.05, 0.1) is 4.58 Å². The minimum absolute atomic E-state index is 0.270. The second-order valence-electron chi connectivity index (χ2n) is 3.12. The van der Waals surface area contributed by atoms with E-state index in [0.29, 0.717) is 0 Å². The topological polar surface area (TPSA) is 18.5 Å². The van der Waals surface area contributed by atoms with E-state index in [-0.39, 0.29) is 4.58 Å². The van der Waals surface area contributed by atoms with E-state index in [0.717, 1.165) is 5.75 Å². The van der Waals surface area contributed by atoms with Gasteiger partial charge in [0.2, 0.25) is 5.69 Å². The van der Waals surface area contributed by atoms with Crippen LogP contribution in [0.5, 0.6) is 0 Å². The molecule has 6 heteroatoms. The molecule has 0 aliphatic rings. The Labute approximate surface area is 117 Å². The largest absolute Gasteiger partial charge is 0.325 e. The first-order valence-electron chi connectivity index (χ1n) is 5.21. The van der Waals surface area contributed by atoms with Crippen LogP contribution in [0.2, 0.25) is 0 Å². The Morgan fingerprint density at radius 1 is 1.24 bits per heavy atom. The molecule has 17 heavy (non-hydrogen) atoms. The van der Waals surface area contributed by atoms with E-state index in [1.54, 1.807) is 25.6 Å². The highest BCUT2D eigenvalue weighted by atomic mass is 32.9. The van der Waals surface area contributed by atoms with Crippen LogP contribution in [0.1, 0.15) is 17.1 Å². The highest BCUT2D eigenvalue weighted by Crippen LogP contribution is 2.67. The molecule has 0 aromatic heterocycles. The molecule has 0 radical (unpaired) electrons. The molecule has 1 atom stereocenters. The van der Waals surface area contributed by atoms with Crippen molar-refractivity contribution >= 4 is 40.6 Å². The smallest absolute Gasteiger partial charge is 0.248 e. The number of benzene rings is 1. The van der Waals surface area contributed by atoms with Gasteiger partial charge in [0.15, 0.2) is 0 Å². The van der Waals surface area contributed by atoms with Gasteiger partial charge in [0.25, 0.3) is 0 Å². The molecule has 1 rings (SSSR count). The molecule has 0 amide bonds. The van der Waals surface area contributed by atoms with E-state index in [4.69, 9.17) is 20.9 Å². The van der Waals surface area contributed by atoms with Crippen molar-refractivity contribution in [2.45, 2.75) is 11.5 Å². The fourth-order valence-electron chi connectivity index (χ4n) is 1.23. The minimum atomic E-state index is -2.20. The first-order chi connectivity index (χ1) is 8.15. The zero-order valence-electron chi connectivity index (χ0n) is 10.2. The van der Waals surface area contributed by atoms with Gasteiger partial charge in [-0.15, -0.1) is 11.8 Å². The van der Waals surface area contributed by atoms with E-state index < -0.39 is 5.69 Å². The standard InChI is InChI=1S/C11H17O2PS3/c1-4-16-11(10-8-6-5-7-9-10)17-14(15,12-2)13-3/h5-9,11H,4H2,1-3H3. The van der Waals surface area contributed by atoms with E-state index in [1.165, 1.54) is 5.56 Å². The van der Waals surface area contributed by atoms with Gasteiger partial charge >= 0.3 is 0 Å². The molecule has 0 bridgehead atoms. The van der Waals surface area contributed by atoms with Gasteiger partial charge in [0.1, 0.15) is 0 Å². The zero-order chi connectivity index (χ0) is 12.7. The van der Waals surface area contributed by atoms with Gasteiger partial charge in [0, 0.05) is 14.2 Å². The average molecular weight is 308 g/mol. The second kappa shape index (κ2) is 7.82. The summed E-state index contributed by atoms with van der Waals surface area (Å²) >= 11 is 8.88. The van der Waals surface area contributed by atoms with E-state index in [1.807, 2.05) is 30.0 Å². The highest BCUT2D eigenvalue weighted by Gasteiger charge is 2.24. The summed E-state index contributed by atoms with van der Waals surface area (Å²) < 4.78 is 10.9. The Kier molecular flexibility index (Phi) is 7.15. The van der Waals surface area contributed by atoms with E-state index in [2.05, 4.69) is 19.1 Å². The highest BCUT2D eigenvalue weighted by molar-refractivity contribution is 8.69. The molecule has 0 aliphatic heterocycles. The summed E-state index contributed by atoms with van der Waals surface area (Å²) in [6, 6.07) is 10.3. The summed E-state index contributed by atoms with van der Waals surface area (Å²) in [5, 5.41) is 0. The number of hydrogen-bond donors (Lipinski definition) is 0. The van der Waals surface area contributed by atoms with Gasteiger partial charge < -0.3 is 9.05 Å². The maximum absolute atomic E-state index is 5.41. The van der Waals surface area contributed by atoms with Crippen molar-refractivity contribution in [3.05, 3.63) is 35.9 Å². The third-order valence-electron chi connectivity index (χ3n) is 2.06. The fourth-order valence-corrected chi connectivity index (χ4v) is 7.78. The lowest BCUT2D eigenvalue weighted by Gasteiger charge is -2.23. The van der Waals surface area contributed by atoms with E-state index >= 15 is 0 Å². The molecule has 0 spiro atoms. The minimum Gasteiger partial charge on any atom is -0.325 e. The second-order valence-corrected chi connectivity index (χ2v) is 11.3. The quantitative estimate of drug-likeness (QED) is 0.536. The number of thioether (sulfide) groups is 1. The van der Waals surface area contributed by atoms with Crippen molar-refractivity contribution in [2.24, 2.45) is 0 Å². The summed E-state index contributed by atoms with van der Waals surface area (Å²) in [7, 11) is 3.24. The lowest BCUT2D eigenvalue weighted by molar-refractivity contribution is 0.354. The normalized spacial score (nSPS) is 13.6. The van der Waals surface area contributed by atoms with Gasteiger partial charge in [-0.2, -0.15) is 0 Å². The summed E-state index contributed by atoms with van der Waals surface area (Å²) in [5.41, 5.74) is -0.946. The molecular formula is C11H17O2PS3. The maximum Gasteiger partial charge on any atom is 0.248 e. The molecule has 2 nitrogen and oxygen atoms in total. The van der Waals surface area contributed by atoms with Crippen LogP contribution in [-0.2, 0) is 20.9 Å². The number of rotatable bonds is 7. The molecule has 0 fully saturated rings. The van der Waals surface area contributed by atoms with Crippen molar-refractivity contribution in [2.75, 3.05) is 20.0 Å². The van der Waals surface area contributed by atoms with Crippen molar-refractivity contribution < 1.29 is 9.05 Å². The van der Waals surface area contributed by atoms with Crippen LogP contribution in [0.15, 0.2) is 30.3 Å². The van der Waals surface area contributed by atoms with Crippen LogP contribution in [0.25, 0.3) is 0 Å². The summed E-state index contributed by atoms with van der Waals surface area (Å²) in [6.07, 6.45) is 0. The summed E-state index contributed by atoms with van der Waals surface area (Å²) in [5.74, 6) is 1.04. The molecule has 96 valence electrons. The monoisotopic (exact) mass is 308 g/mol. The van der Waals surface area contributed by atoms with Gasteiger partial charge in [-0.3, -0.25) is 0 Å². The van der Waals surface area contributed by atoms with Crippen molar-refractivity contribution in [3.8, 4) is 0 Å². The predicted molar refractivity (Wildman–Crippen MR) is 83.2 cm³/mol. The van der Waals surface area contributed by atoms with Gasteiger partial charge in [-0.25, -0.2) is 0 Å². The molecule has 1 aromatic rings. The third kappa shape index (κ3) is 4.93. The van der Waals surface area contributed by atoms with Crippen LogP contribution in [0.4, 0.5) is 0 Å². The zero-order valence-corrected chi connectivity index (χ0v) is 13.5. The first-order valence-corrected chi connectivity index (χ1v) is 10.4. The summed E-state index contributed by atoms with van der Waals surface area (Å²) in [4.78, 5) is 0. The van der Waals surface area contributed by atoms with Crippen molar-refractivity contribution in [3.63, 3.8) is 0 Å². The Balaban J connectivity index is 2.84. The Morgan fingerprint density at radius 2 is 1.82 bits per heavy atom. The molecule has 0 N–H and O–H groups in total. The van der Waals surface area contributed by atoms with Crippen molar-refractivity contribution in [1.82, 2.24) is 0 Å². The average Bonchev–Trinajstić information content (AvgIpc) is 2.39. The fraction of sp³-hybridized carbons (Fsp3) is 0.455. The van der Waals surface area contributed by atoms with Crippen LogP contribution in [-0.4, -0.2) is 20.0 Å². The first kappa shape index (κ1) is 15.5. The summed E-state index contributed by atoms with van der Waals surface area (Å²) in [6.45, 7) is 2.14. The Bertz CT molecular complexity index is 364. The van der Waals surface area contributed by atoms with Crippen LogP contribution in [0, 0.1) is 0 Å². The van der Waals surface area contributed by atoms with E-state index in [9.17, 15) is 0 Å². The van der Waals surface area contributed by atoms with Crippen LogP contribution < -0.4 is 0 Å². The lowest BCUT2D eigenvalue weighted by atomic mass is 10.2. The van der Waals surface area contributed by atoms with Gasteiger partial charge in [-0.05, 0) is 23.1 Å². The van der Waals surface area contributed by atoms with Crippen molar-refractivity contribution in [1.29, 1.82) is 0 Å². The Hall–Kier alpha value is 0.490. The molecule has 0 aliphatic carbocycles. The third-order valence-corrected chi connectivity index (χ3v) is 9.68. The molecule has 0 saturated heterocycles. The Morgan fingerprint density at radius 3 is 2.29 bits per heavy atom. The van der Waals surface area contributed by atoms with Crippen LogP contribution in [0.3, 0.4) is 0 Å².